The summed E-state index contributed by atoms with van der Waals surface area (Å²) in [4.78, 5) is 29.4. The van der Waals surface area contributed by atoms with Crippen LogP contribution in [0.3, 0.4) is 0 Å². The van der Waals surface area contributed by atoms with Crippen LogP contribution in [-0.4, -0.2) is 38.4 Å². The molecule has 1 heterocycles. The van der Waals surface area contributed by atoms with E-state index < -0.39 is 15.6 Å². The Kier molecular flexibility index (Phi) is 6.33. The molecule has 2 aliphatic rings. The largest absolute Gasteiger partial charge is 0.308 e. The molecule has 8 heteroatoms. The molecule has 2 amide bonds. The molecule has 182 valence electrons. The highest BCUT2D eigenvalue weighted by atomic mass is 32.2. The molecule has 0 aromatic heterocycles. The van der Waals surface area contributed by atoms with Gasteiger partial charge in [-0.2, -0.15) is 0 Å². The lowest BCUT2D eigenvalue weighted by Gasteiger charge is -2.43. The third-order valence-corrected chi connectivity index (χ3v) is 8.19. The first-order valence-corrected chi connectivity index (χ1v) is 13.3. The summed E-state index contributed by atoms with van der Waals surface area (Å²) in [5, 5.41) is 0. The van der Waals surface area contributed by atoms with Gasteiger partial charge in [0.15, 0.2) is 0 Å². The molecule has 7 nitrogen and oxygen atoms in total. The minimum Gasteiger partial charge on any atom is -0.308 e. The highest BCUT2D eigenvalue weighted by Crippen LogP contribution is 2.41. The zero-order chi connectivity index (χ0) is 24.8. The Balaban J connectivity index is 1.71. The number of carbonyl (C=O) groups is 2. The molecule has 0 saturated heterocycles. The fourth-order valence-corrected chi connectivity index (χ4v) is 6.08. The number of fused-ring (bicyclic) bond motifs is 1. The van der Waals surface area contributed by atoms with Crippen molar-refractivity contribution >= 4 is 33.2 Å². The van der Waals surface area contributed by atoms with E-state index in [1.165, 1.54) is 0 Å². The van der Waals surface area contributed by atoms with E-state index >= 15 is 0 Å². The predicted octanol–water partition coefficient (Wildman–Crippen LogP) is 4.32. The lowest BCUT2D eigenvalue weighted by molar-refractivity contribution is -0.125. The van der Waals surface area contributed by atoms with Crippen LogP contribution in [-0.2, 0) is 19.6 Å². The van der Waals surface area contributed by atoms with Gasteiger partial charge >= 0.3 is 0 Å². The zero-order valence-electron chi connectivity index (χ0n) is 20.5. The molecule has 1 saturated carbocycles. The van der Waals surface area contributed by atoms with E-state index in [4.69, 9.17) is 0 Å². The van der Waals surface area contributed by atoms with Gasteiger partial charge in [-0.15, -0.1) is 0 Å². The van der Waals surface area contributed by atoms with Crippen molar-refractivity contribution in [3.8, 4) is 11.1 Å². The first-order chi connectivity index (χ1) is 15.9. The Labute approximate surface area is 202 Å². The fourth-order valence-electron chi connectivity index (χ4n) is 4.66. The number of sulfonamides is 1. The van der Waals surface area contributed by atoms with Gasteiger partial charge in [0.25, 0.3) is 0 Å². The van der Waals surface area contributed by atoms with Gasteiger partial charge in [0.05, 0.1) is 22.3 Å². The summed E-state index contributed by atoms with van der Waals surface area (Å²) in [5.41, 5.74) is 2.58. The SMILES string of the molecule is CC(=O)N1c2ccc(-c3ccc(S(=O)(=O)NC(C)(C)C)cc3)cc2N(C(=O)C2CCC2)C[C@@H]1C. The summed E-state index contributed by atoms with van der Waals surface area (Å²) < 4.78 is 27.9. The standard InChI is InChI=1S/C26H33N3O4S/c1-17-16-28(25(31)20-7-6-8-20)24-15-21(11-14-23(24)29(17)18(2)30)19-9-12-22(13-10-19)34(32,33)27-26(3,4)5/h9-15,17,20,27H,6-8,16H2,1-5H3/t17-/m0/s1. The number of nitrogens with zero attached hydrogens (tertiary/aromatic N) is 2. The van der Waals surface area contributed by atoms with E-state index in [2.05, 4.69) is 4.72 Å². The van der Waals surface area contributed by atoms with Crippen LogP contribution in [0.25, 0.3) is 11.1 Å². The van der Waals surface area contributed by atoms with Gasteiger partial charge in [0.1, 0.15) is 0 Å². The molecule has 1 aliphatic heterocycles. The maximum absolute atomic E-state index is 13.2. The summed E-state index contributed by atoms with van der Waals surface area (Å²) in [6, 6.07) is 12.3. The van der Waals surface area contributed by atoms with Gasteiger partial charge in [0.2, 0.25) is 21.8 Å². The second kappa shape index (κ2) is 8.82. The van der Waals surface area contributed by atoms with Gasteiger partial charge in [0, 0.05) is 24.9 Å². The van der Waals surface area contributed by atoms with Crippen molar-refractivity contribution in [2.24, 2.45) is 5.92 Å². The summed E-state index contributed by atoms with van der Waals surface area (Å²) in [7, 11) is -3.63. The molecule has 0 unspecified atom stereocenters. The van der Waals surface area contributed by atoms with E-state index in [1.54, 1.807) is 56.9 Å². The minimum atomic E-state index is -3.63. The van der Waals surface area contributed by atoms with Crippen molar-refractivity contribution < 1.29 is 18.0 Å². The van der Waals surface area contributed by atoms with Crippen molar-refractivity contribution in [3.05, 3.63) is 42.5 Å². The van der Waals surface area contributed by atoms with Gasteiger partial charge in [-0.1, -0.05) is 24.6 Å². The highest BCUT2D eigenvalue weighted by Gasteiger charge is 2.37. The maximum Gasteiger partial charge on any atom is 0.241 e. The Morgan fingerprint density at radius 3 is 2.12 bits per heavy atom. The van der Waals surface area contributed by atoms with Crippen LogP contribution in [0.2, 0.25) is 0 Å². The molecule has 4 rings (SSSR count). The normalized spacial score (nSPS) is 18.9. The summed E-state index contributed by atoms with van der Waals surface area (Å²) in [6.45, 7) is 9.36. The van der Waals surface area contributed by atoms with E-state index in [-0.39, 0.29) is 28.7 Å². The van der Waals surface area contributed by atoms with E-state index in [0.717, 1.165) is 41.8 Å². The number of carbonyl (C=O) groups excluding carboxylic acids is 2. The Hall–Kier alpha value is -2.71. The molecule has 0 spiro atoms. The number of hydrogen-bond acceptors (Lipinski definition) is 4. The van der Waals surface area contributed by atoms with Crippen molar-refractivity contribution in [1.82, 2.24) is 4.72 Å². The molecular weight excluding hydrogens is 450 g/mol. The van der Waals surface area contributed by atoms with Crippen LogP contribution in [0.4, 0.5) is 11.4 Å². The number of benzene rings is 2. The highest BCUT2D eigenvalue weighted by molar-refractivity contribution is 7.89. The van der Waals surface area contributed by atoms with Crippen LogP contribution < -0.4 is 14.5 Å². The number of hydrogen-bond donors (Lipinski definition) is 1. The van der Waals surface area contributed by atoms with Crippen LogP contribution in [0, 0.1) is 5.92 Å². The van der Waals surface area contributed by atoms with Gasteiger partial charge < -0.3 is 9.80 Å². The van der Waals surface area contributed by atoms with Crippen LogP contribution in [0.1, 0.15) is 53.9 Å². The molecule has 1 aliphatic carbocycles. The second-order valence-corrected chi connectivity index (χ2v) is 12.1. The minimum absolute atomic E-state index is 0.0485. The van der Waals surface area contributed by atoms with Crippen LogP contribution in [0.15, 0.2) is 47.4 Å². The lowest BCUT2D eigenvalue weighted by Crippen LogP contribution is -2.53. The number of rotatable bonds is 4. The zero-order valence-corrected chi connectivity index (χ0v) is 21.3. The topological polar surface area (TPSA) is 86.8 Å². The van der Waals surface area contributed by atoms with Crippen molar-refractivity contribution in [2.45, 2.75) is 70.4 Å². The maximum atomic E-state index is 13.2. The predicted molar refractivity (Wildman–Crippen MR) is 134 cm³/mol. The van der Waals surface area contributed by atoms with E-state index in [1.807, 2.05) is 30.0 Å². The van der Waals surface area contributed by atoms with Crippen molar-refractivity contribution in [2.75, 3.05) is 16.3 Å². The Morgan fingerprint density at radius 1 is 0.971 bits per heavy atom. The molecular formula is C26H33N3O4S. The molecule has 2 aromatic carbocycles. The summed E-state index contributed by atoms with van der Waals surface area (Å²) in [6.07, 6.45) is 2.90. The number of nitrogens with one attached hydrogen (secondary N) is 1. The van der Waals surface area contributed by atoms with E-state index in [0.29, 0.717) is 6.54 Å². The Bertz CT molecular complexity index is 1210. The summed E-state index contributed by atoms with van der Waals surface area (Å²) >= 11 is 0. The quantitative estimate of drug-likeness (QED) is 0.702. The van der Waals surface area contributed by atoms with Gasteiger partial charge in [-0.3, -0.25) is 9.59 Å². The molecule has 0 radical (unpaired) electrons. The van der Waals surface area contributed by atoms with E-state index in [9.17, 15) is 18.0 Å². The third-order valence-electron chi connectivity index (χ3n) is 6.41. The second-order valence-electron chi connectivity index (χ2n) is 10.4. The van der Waals surface area contributed by atoms with Crippen LogP contribution in [0.5, 0.6) is 0 Å². The average molecular weight is 484 g/mol. The first kappa shape index (κ1) is 24.4. The molecule has 1 N–H and O–H groups in total. The fraction of sp³-hybridized carbons (Fsp3) is 0.462. The smallest absolute Gasteiger partial charge is 0.241 e. The van der Waals surface area contributed by atoms with Crippen molar-refractivity contribution in [3.63, 3.8) is 0 Å². The molecule has 0 bridgehead atoms. The molecule has 34 heavy (non-hydrogen) atoms. The molecule has 1 atom stereocenters. The molecule has 1 fully saturated rings. The van der Waals surface area contributed by atoms with Gasteiger partial charge in [-0.05, 0) is 75.9 Å². The third kappa shape index (κ3) is 4.74. The molecule has 2 aromatic rings. The number of anilines is 2. The van der Waals surface area contributed by atoms with Crippen LogP contribution >= 0.6 is 0 Å². The Morgan fingerprint density at radius 2 is 1.59 bits per heavy atom. The van der Waals surface area contributed by atoms with Gasteiger partial charge in [-0.25, -0.2) is 13.1 Å². The first-order valence-electron chi connectivity index (χ1n) is 11.8. The monoisotopic (exact) mass is 483 g/mol. The number of amides is 2. The van der Waals surface area contributed by atoms with Crippen molar-refractivity contribution in [1.29, 1.82) is 0 Å². The average Bonchev–Trinajstić information content (AvgIpc) is 2.69. The lowest BCUT2D eigenvalue weighted by atomic mass is 9.84. The summed E-state index contributed by atoms with van der Waals surface area (Å²) in [5.74, 6) is 0.111.